The highest BCUT2D eigenvalue weighted by Crippen LogP contribution is 2.46. The van der Waals surface area contributed by atoms with Gasteiger partial charge in [-0.1, -0.05) is 42.5 Å². The average molecular weight is 530 g/mol. The van der Waals surface area contributed by atoms with Crippen LogP contribution >= 0.6 is 7.60 Å². The second-order valence-corrected chi connectivity index (χ2v) is 10.9. The van der Waals surface area contributed by atoms with E-state index in [4.69, 9.17) is 9.05 Å². The molecule has 1 aliphatic heterocycles. The van der Waals surface area contributed by atoms with Crippen molar-refractivity contribution in [3.63, 3.8) is 0 Å². The van der Waals surface area contributed by atoms with E-state index in [0.717, 1.165) is 10.5 Å². The number of benzene rings is 2. The zero-order chi connectivity index (χ0) is 27.2. The van der Waals surface area contributed by atoms with Gasteiger partial charge < -0.3 is 19.3 Å². The number of nitrogens with one attached hydrogen (secondary N) is 1. The molecule has 4 amide bonds. The average Bonchev–Trinajstić information content (AvgIpc) is 3.11. The topological polar surface area (TPSA) is 122 Å². The van der Waals surface area contributed by atoms with Gasteiger partial charge in [0.05, 0.1) is 24.3 Å². The number of nitrogens with zero attached hydrogens (tertiary/aromatic N) is 2. The van der Waals surface area contributed by atoms with E-state index in [1.54, 1.807) is 50.2 Å². The summed E-state index contributed by atoms with van der Waals surface area (Å²) in [6.07, 6.45) is -0.372. The summed E-state index contributed by atoms with van der Waals surface area (Å²) in [7, 11) is -3.57. The monoisotopic (exact) mass is 529 g/mol. The number of imide groups is 1. The summed E-state index contributed by atoms with van der Waals surface area (Å²) in [4.78, 5) is 54.8. The van der Waals surface area contributed by atoms with Crippen LogP contribution in [0.25, 0.3) is 0 Å². The fraction of sp³-hybridized carbons (Fsp3) is 0.385. The van der Waals surface area contributed by atoms with Crippen LogP contribution < -0.4 is 5.32 Å². The standard InChI is InChI=1S/C26H32N3O7P/c1-5-35-37(34,36-6-2)18-27-25(33)26(3,4)29(16-19-12-8-7-9-13-19)22(30)17-28-23(31)20-14-10-11-15-21(20)24(28)32/h7-15H,5-6,16-18H2,1-4H3,(H,27,33). The summed E-state index contributed by atoms with van der Waals surface area (Å²) in [5.41, 5.74) is -0.244. The Morgan fingerprint density at radius 2 is 1.43 bits per heavy atom. The van der Waals surface area contributed by atoms with Gasteiger partial charge in [0.2, 0.25) is 11.8 Å². The number of rotatable bonds is 12. The third-order valence-corrected chi connectivity index (χ3v) is 7.82. The first-order valence-electron chi connectivity index (χ1n) is 12.0. The maximum absolute atomic E-state index is 13.6. The maximum atomic E-state index is 13.6. The number of amides is 4. The Balaban J connectivity index is 1.84. The van der Waals surface area contributed by atoms with Crippen LogP contribution in [-0.2, 0) is 29.7 Å². The lowest BCUT2D eigenvalue weighted by molar-refractivity contribution is -0.146. The minimum atomic E-state index is -3.57. The Morgan fingerprint density at radius 1 is 0.919 bits per heavy atom. The lowest BCUT2D eigenvalue weighted by Crippen LogP contribution is -2.58. The SMILES string of the molecule is CCOP(=O)(CNC(=O)C(C)(C)N(Cc1ccccc1)C(=O)CN1C(=O)c2ccccc2C1=O)OCC. The lowest BCUT2D eigenvalue weighted by atomic mass is 10.00. The van der Waals surface area contributed by atoms with Gasteiger partial charge in [0.1, 0.15) is 18.4 Å². The molecule has 0 saturated heterocycles. The van der Waals surface area contributed by atoms with Crippen molar-refractivity contribution in [2.75, 3.05) is 26.0 Å². The van der Waals surface area contributed by atoms with Crippen LogP contribution in [0.15, 0.2) is 54.6 Å². The van der Waals surface area contributed by atoms with E-state index in [1.807, 2.05) is 6.07 Å². The maximum Gasteiger partial charge on any atom is 0.349 e. The number of fused-ring (bicyclic) bond motifs is 1. The molecule has 3 rings (SSSR count). The highest BCUT2D eigenvalue weighted by molar-refractivity contribution is 7.53. The first-order chi connectivity index (χ1) is 17.5. The number of hydrogen-bond donors (Lipinski definition) is 1. The number of carbonyl (C=O) groups excluding carboxylic acids is 4. The van der Waals surface area contributed by atoms with Crippen LogP contribution in [0, 0.1) is 0 Å². The zero-order valence-corrected chi connectivity index (χ0v) is 22.3. The summed E-state index contributed by atoms with van der Waals surface area (Å²) < 4.78 is 23.3. The molecular weight excluding hydrogens is 497 g/mol. The molecule has 0 unspecified atom stereocenters. The number of carbonyl (C=O) groups is 4. The smallest absolute Gasteiger partial charge is 0.342 e. The predicted molar refractivity (Wildman–Crippen MR) is 137 cm³/mol. The van der Waals surface area contributed by atoms with E-state index in [-0.39, 0.29) is 37.2 Å². The van der Waals surface area contributed by atoms with Crippen molar-refractivity contribution >= 4 is 31.2 Å². The Hall–Kier alpha value is -3.33. The van der Waals surface area contributed by atoms with Crippen molar-refractivity contribution in [2.45, 2.75) is 39.8 Å². The van der Waals surface area contributed by atoms with Gasteiger partial charge in [-0.25, -0.2) is 0 Å². The first kappa shape index (κ1) is 28.2. The van der Waals surface area contributed by atoms with E-state index in [9.17, 15) is 23.7 Å². The highest BCUT2D eigenvalue weighted by atomic mass is 31.2. The molecule has 0 radical (unpaired) electrons. The van der Waals surface area contributed by atoms with Crippen LogP contribution in [0.1, 0.15) is 54.0 Å². The minimum absolute atomic E-state index is 0.0395. The quantitative estimate of drug-likeness (QED) is 0.330. The van der Waals surface area contributed by atoms with Gasteiger partial charge in [0.15, 0.2) is 0 Å². The zero-order valence-electron chi connectivity index (χ0n) is 21.4. The Morgan fingerprint density at radius 3 is 1.95 bits per heavy atom. The van der Waals surface area contributed by atoms with Crippen LogP contribution in [0.5, 0.6) is 0 Å². The van der Waals surface area contributed by atoms with Crippen molar-refractivity contribution in [2.24, 2.45) is 0 Å². The molecule has 11 heteroatoms. The minimum Gasteiger partial charge on any atom is -0.342 e. The summed E-state index contributed by atoms with van der Waals surface area (Å²) in [6.45, 7) is 6.18. The molecule has 0 spiro atoms. The third kappa shape index (κ3) is 6.33. The van der Waals surface area contributed by atoms with Crippen LogP contribution in [0.4, 0.5) is 0 Å². The summed E-state index contributed by atoms with van der Waals surface area (Å²) in [5, 5.41) is 2.59. The van der Waals surface area contributed by atoms with E-state index in [1.165, 1.54) is 30.9 Å². The molecule has 198 valence electrons. The molecule has 0 bridgehead atoms. The van der Waals surface area contributed by atoms with E-state index < -0.39 is 43.3 Å². The Kier molecular flexibility index (Phi) is 9.02. The summed E-state index contributed by atoms with van der Waals surface area (Å²) >= 11 is 0. The predicted octanol–water partition coefficient (Wildman–Crippen LogP) is 3.43. The van der Waals surface area contributed by atoms with Crippen LogP contribution in [0.2, 0.25) is 0 Å². The molecule has 0 saturated carbocycles. The molecule has 0 aromatic heterocycles. The fourth-order valence-electron chi connectivity index (χ4n) is 4.00. The number of hydrogen-bond acceptors (Lipinski definition) is 7. The van der Waals surface area contributed by atoms with Crippen molar-refractivity contribution in [1.29, 1.82) is 0 Å². The summed E-state index contributed by atoms with van der Waals surface area (Å²) in [6, 6.07) is 15.4. The Labute approximate surface area is 216 Å². The molecule has 1 N–H and O–H groups in total. The largest absolute Gasteiger partial charge is 0.349 e. The van der Waals surface area contributed by atoms with Gasteiger partial charge in [-0.3, -0.25) is 28.6 Å². The molecule has 0 fully saturated rings. The van der Waals surface area contributed by atoms with Gasteiger partial charge in [0, 0.05) is 6.54 Å². The van der Waals surface area contributed by atoms with Gasteiger partial charge in [0.25, 0.3) is 11.8 Å². The molecule has 2 aromatic rings. The molecule has 0 aliphatic carbocycles. The van der Waals surface area contributed by atoms with E-state index in [2.05, 4.69) is 5.32 Å². The van der Waals surface area contributed by atoms with E-state index >= 15 is 0 Å². The fourth-order valence-corrected chi connectivity index (χ4v) is 5.38. The van der Waals surface area contributed by atoms with Crippen LogP contribution in [0.3, 0.4) is 0 Å². The van der Waals surface area contributed by atoms with Crippen molar-refractivity contribution in [1.82, 2.24) is 15.1 Å². The molecule has 1 aliphatic rings. The van der Waals surface area contributed by atoms with Crippen molar-refractivity contribution in [3.05, 3.63) is 71.3 Å². The van der Waals surface area contributed by atoms with Gasteiger partial charge in [-0.15, -0.1) is 0 Å². The molecule has 10 nitrogen and oxygen atoms in total. The highest BCUT2D eigenvalue weighted by Gasteiger charge is 2.42. The Bertz CT molecular complexity index is 1170. The molecule has 1 heterocycles. The van der Waals surface area contributed by atoms with Gasteiger partial charge in [-0.05, 0) is 45.4 Å². The van der Waals surface area contributed by atoms with Gasteiger partial charge in [-0.2, -0.15) is 0 Å². The van der Waals surface area contributed by atoms with Crippen LogP contribution in [-0.4, -0.2) is 65.0 Å². The van der Waals surface area contributed by atoms with E-state index in [0.29, 0.717) is 0 Å². The molecule has 0 atom stereocenters. The van der Waals surface area contributed by atoms with Crippen molar-refractivity contribution < 1.29 is 32.8 Å². The molecule has 2 aromatic carbocycles. The molecule has 37 heavy (non-hydrogen) atoms. The molecular formula is C26H32N3O7P. The first-order valence-corrected chi connectivity index (χ1v) is 13.7. The normalized spacial score (nSPS) is 13.5. The third-order valence-electron chi connectivity index (χ3n) is 5.97. The van der Waals surface area contributed by atoms with Gasteiger partial charge >= 0.3 is 7.60 Å². The second-order valence-electron chi connectivity index (χ2n) is 8.88. The van der Waals surface area contributed by atoms with Crippen molar-refractivity contribution in [3.8, 4) is 0 Å². The lowest BCUT2D eigenvalue weighted by Gasteiger charge is -2.38. The summed E-state index contributed by atoms with van der Waals surface area (Å²) in [5.74, 6) is -2.33. The second kappa shape index (κ2) is 11.8.